The number of hydrogen-bond acceptors (Lipinski definition) is 3. The summed E-state index contributed by atoms with van der Waals surface area (Å²) in [5.41, 5.74) is 0.171. The Morgan fingerprint density at radius 3 is 2.00 bits per heavy atom. The van der Waals surface area contributed by atoms with Crippen molar-refractivity contribution in [3.63, 3.8) is 0 Å². The van der Waals surface area contributed by atoms with E-state index < -0.39 is 0 Å². The summed E-state index contributed by atoms with van der Waals surface area (Å²) >= 11 is 0. The molecule has 84 valence electrons. The van der Waals surface area contributed by atoms with Crippen LogP contribution in [0.5, 0.6) is 0 Å². The molecule has 1 aliphatic heterocycles. The van der Waals surface area contributed by atoms with Crippen molar-refractivity contribution < 1.29 is 5.11 Å². The predicted molar refractivity (Wildman–Crippen MR) is 59.4 cm³/mol. The average molecular weight is 200 g/mol. The first-order valence-electron chi connectivity index (χ1n) is 5.48. The number of hydrogen-bond donors (Lipinski definition) is 1. The van der Waals surface area contributed by atoms with Gasteiger partial charge in [0.2, 0.25) is 0 Å². The Hall–Kier alpha value is -0.120. The first kappa shape index (κ1) is 12.0. The number of rotatable bonds is 2. The van der Waals surface area contributed by atoms with Gasteiger partial charge in [0.15, 0.2) is 0 Å². The highest BCUT2D eigenvalue weighted by atomic mass is 16.3. The molecule has 0 amide bonds. The predicted octanol–water partition coefficient (Wildman–Crippen LogP) is 0.641. The number of piperazine rings is 1. The fourth-order valence-corrected chi connectivity index (χ4v) is 2.07. The standard InChI is InChI=1S/C11H24N2O/c1-11(2,3)10(9-14)13-7-5-12(4)6-8-13/h10,14H,5-9H2,1-4H3. The van der Waals surface area contributed by atoms with Crippen LogP contribution in [0.15, 0.2) is 0 Å². The van der Waals surface area contributed by atoms with Crippen LogP contribution in [0.1, 0.15) is 20.8 Å². The second-order valence-electron chi connectivity index (χ2n) is 5.40. The summed E-state index contributed by atoms with van der Waals surface area (Å²) in [7, 11) is 2.16. The molecule has 3 heteroatoms. The van der Waals surface area contributed by atoms with Crippen molar-refractivity contribution in [3.05, 3.63) is 0 Å². The van der Waals surface area contributed by atoms with Crippen LogP contribution in [0, 0.1) is 5.41 Å². The Balaban J connectivity index is 2.54. The number of nitrogens with zero attached hydrogens (tertiary/aromatic N) is 2. The third-order valence-corrected chi connectivity index (χ3v) is 3.15. The van der Waals surface area contributed by atoms with E-state index in [0.29, 0.717) is 6.04 Å². The van der Waals surface area contributed by atoms with E-state index in [1.165, 1.54) is 0 Å². The van der Waals surface area contributed by atoms with Gasteiger partial charge >= 0.3 is 0 Å². The second kappa shape index (κ2) is 4.60. The molecule has 1 atom stereocenters. The SMILES string of the molecule is CN1CCN(C(CO)C(C)(C)C)CC1. The number of aliphatic hydroxyl groups is 1. The van der Waals surface area contributed by atoms with Crippen LogP contribution < -0.4 is 0 Å². The maximum atomic E-state index is 9.42. The van der Waals surface area contributed by atoms with E-state index in [0.717, 1.165) is 26.2 Å². The summed E-state index contributed by atoms with van der Waals surface area (Å²) in [5, 5.41) is 9.42. The average Bonchev–Trinajstić information content (AvgIpc) is 2.07. The van der Waals surface area contributed by atoms with Crippen molar-refractivity contribution >= 4 is 0 Å². The van der Waals surface area contributed by atoms with Crippen molar-refractivity contribution in [2.45, 2.75) is 26.8 Å². The lowest BCUT2D eigenvalue weighted by Gasteiger charge is -2.43. The maximum Gasteiger partial charge on any atom is 0.0591 e. The summed E-state index contributed by atoms with van der Waals surface area (Å²) in [6.07, 6.45) is 0. The number of likely N-dealkylation sites (N-methyl/N-ethyl adjacent to an activating group) is 1. The van der Waals surface area contributed by atoms with Crippen molar-refractivity contribution in [3.8, 4) is 0 Å². The Labute approximate surface area is 87.7 Å². The zero-order valence-electron chi connectivity index (χ0n) is 9.95. The molecule has 0 aromatic rings. The molecule has 0 aliphatic carbocycles. The zero-order valence-corrected chi connectivity index (χ0v) is 9.95. The molecule has 1 N–H and O–H groups in total. The highest BCUT2D eigenvalue weighted by molar-refractivity contribution is 4.85. The van der Waals surface area contributed by atoms with E-state index >= 15 is 0 Å². The molecular formula is C11H24N2O. The lowest BCUT2D eigenvalue weighted by Crippen LogP contribution is -2.54. The lowest BCUT2D eigenvalue weighted by atomic mass is 9.86. The number of aliphatic hydroxyl groups excluding tert-OH is 1. The smallest absolute Gasteiger partial charge is 0.0591 e. The fraction of sp³-hybridized carbons (Fsp3) is 1.00. The summed E-state index contributed by atoms with van der Waals surface area (Å²) in [6, 6.07) is 0.302. The van der Waals surface area contributed by atoms with Gasteiger partial charge in [-0.1, -0.05) is 20.8 Å². The third-order valence-electron chi connectivity index (χ3n) is 3.15. The Kier molecular flexibility index (Phi) is 3.93. The largest absolute Gasteiger partial charge is 0.395 e. The van der Waals surface area contributed by atoms with Gasteiger partial charge in [-0.2, -0.15) is 0 Å². The van der Waals surface area contributed by atoms with E-state index in [4.69, 9.17) is 0 Å². The van der Waals surface area contributed by atoms with Gasteiger partial charge in [-0.05, 0) is 12.5 Å². The van der Waals surface area contributed by atoms with Gasteiger partial charge in [-0.15, -0.1) is 0 Å². The lowest BCUT2D eigenvalue weighted by molar-refractivity contribution is 0.0189. The van der Waals surface area contributed by atoms with Gasteiger partial charge in [0.1, 0.15) is 0 Å². The highest BCUT2D eigenvalue weighted by Gasteiger charge is 2.31. The topological polar surface area (TPSA) is 26.7 Å². The van der Waals surface area contributed by atoms with E-state index in [1.807, 2.05) is 0 Å². The molecule has 1 saturated heterocycles. The minimum atomic E-state index is 0.171. The van der Waals surface area contributed by atoms with Crippen LogP contribution in [0.25, 0.3) is 0 Å². The molecular weight excluding hydrogens is 176 g/mol. The first-order chi connectivity index (χ1) is 6.45. The summed E-state index contributed by atoms with van der Waals surface area (Å²) in [5.74, 6) is 0. The van der Waals surface area contributed by atoms with Gasteiger partial charge < -0.3 is 10.0 Å². The second-order valence-corrected chi connectivity index (χ2v) is 5.40. The van der Waals surface area contributed by atoms with Crippen LogP contribution in [0.3, 0.4) is 0 Å². The molecule has 1 heterocycles. The molecule has 0 saturated carbocycles. The molecule has 0 radical (unpaired) electrons. The van der Waals surface area contributed by atoms with Crippen molar-refractivity contribution in [1.82, 2.24) is 9.80 Å². The molecule has 0 aromatic carbocycles. The van der Waals surface area contributed by atoms with E-state index in [1.54, 1.807) is 0 Å². The minimum absolute atomic E-state index is 0.171. The highest BCUT2D eigenvalue weighted by Crippen LogP contribution is 2.24. The molecule has 1 fully saturated rings. The monoisotopic (exact) mass is 200 g/mol. The third kappa shape index (κ3) is 2.94. The molecule has 1 rings (SSSR count). The Morgan fingerprint density at radius 2 is 1.64 bits per heavy atom. The van der Waals surface area contributed by atoms with Gasteiger partial charge in [-0.3, -0.25) is 4.90 Å². The van der Waals surface area contributed by atoms with Crippen LogP contribution in [0.4, 0.5) is 0 Å². The molecule has 0 bridgehead atoms. The van der Waals surface area contributed by atoms with E-state index in [9.17, 15) is 5.11 Å². The summed E-state index contributed by atoms with van der Waals surface area (Å²) in [4.78, 5) is 4.76. The van der Waals surface area contributed by atoms with Crippen molar-refractivity contribution in [2.75, 3.05) is 39.8 Å². The summed E-state index contributed by atoms with van der Waals surface area (Å²) in [6.45, 7) is 11.3. The van der Waals surface area contributed by atoms with Crippen LogP contribution in [-0.4, -0.2) is 60.8 Å². The minimum Gasteiger partial charge on any atom is -0.395 e. The van der Waals surface area contributed by atoms with Crippen molar-refractivity contribution in [1.29, 1.82) is 0 Å². The normalized spacial score (nSPS) is 23.8. The van der Waals surface area contributed by atoms with Gasteiger partial charge in [-0.25, -0.2) is 0 Å². The van der Waals surface area contributed by atoms with Crippen LogP contribution >= 0.6 is 0 Å². The quantitative estimate of drug-likeness (QED) is 0.708. The van der Waals surface area contributed by atoms with E-state index in [-0.39, 0.29) is 12.0 Å². The molecule has 14 heavy (non-hydrogen) atoms. The van der Waals surface area contributed by atoms with E-state index in [2.05, 4.69) is 37.6 Å². The molecule has 3 nitrogen and oxygen atoms in total. The van der Waals surface area contributed by atoms with Crippen molar-refractivity contribution in [2.24, 2.45) is 5.41 Å². The Morgan fingerprint density at radius 1 is 1.14 bits per heavy atom. The zero-order chi connectivity index (χ0) is 10.8. The summed E-state index contributed by atoms with van der Waals surface area (Å²) < 4.78 is 0. The molecule has 1 aliphatic rings. The Bertz CT molecular complexity index is 169. The van der Waals surface area contributed by atoms with Crippen LogP contribution in [0.2, 0.25) is 0 Å². The fourth-order valence-electron chi connectivity index (χ4n) is 2.07. The van der Waals surface area contributed by atoms with Crippen LogP contribution in [-0.2, 0) is 0 Å². The molecule has 0 spiro atoms. The van der Waals surface area contributed by atoms with Gasteiger partial charge in [0.25, 0.3) is 0 Å². The van der Waals surface area contributed by atoms with Gasteiger partial charge in [0.05, 0.1) is 6.61 Å². The first-order valence-corrected chi connectivity index (χ1v) is 5.48. The van der Waals surface area contributed by atoms with Gasteiger partial charge in [0, 0.05) is 32.2 Å². The molecule has 1 unspecified atom stereocenters. The molecule has 0 aromatic heterocycles. The maximum absolute atomic E-state index is 9.42.